The normalized spacial score (nSPS) is 19.7. The monoisotopic (exact) mass is 481 g/mol. The van der Waals surface area contributed by atoms with E-state index >= 15 is 0 Å². The number of fused-ring (bicyclic) bond motifs is 1. The minimum atomic E-state index is -2.37. The van der Waals surface area contributed by atoms with Crippen molar-refractivity contribution in [3.63, 3.8) is 0 Å². The molecule has 9 heteroatoms. The summed E-state index contributed by atoms with van der Waals surface area (Å²) >= 11 is 0. The average Bonchev–Trinajstić information content (AvgIpc) is 3.47. The van der Waals surface area contributed by atoms with Crippen molar-refractivity contribution < 1.29 is 4.21 Å². The van der Waals surface area contributed by atoms with Gasteiger partial charge >= 0.3 is 0 Å². The van der Waals surface area contributed by atoms with Crippen LogP contribution in [0.3, 0.4) is 0 Å². The second-order valence-corrected chi connectivity index (χ2v) is 12.4. The van der Waals surface area contributed by atoms with Crippen molar-refractivity contribution in [3.8, 4) is 0 Å². The number of pyridine rings is 1. The summed E-state index contributed by atoms with van der Waals surface area (Å²) in [5, 5.41) is 4.92. The van der Waals surface area contributed by atoms with E-state index < -0.39 is 9.52 Å². The lowest BCUT2D eigenvalue weighted by Gasteiger charge is -2.36. The number of hydrogen-bond acceptors (Lipinski definition) is 7. The van der Waals surface area contributed by atoms with Gasteiger partial charge in [-0.15, -0.1) is 0 Å². The molecule has 1 unspecified atom stereocenters. The summed E-state index contributed by atoms with van der Waals surface area (Å²) < 4.78 is 15.1. The fraction of sp³-hybridized carbons (Fsp3) is 0.520. The lowest BCUT2D eigenvalue weighted by atomic mass is 10.0. The number of aromatic nitrogens is 4. The molecule has 5 rings (SSSR count). The van der Waals surface area contributed by atoms with E-state index in [4.69, 9.17) is 4.98 Å². The maximum atomic E-state index is 12.9. The molecular weight excluding hydrogens is 446 g/mol. The molecule has 1 N–H and O–H groups in total. The molecule has 34 heavy (non-hydrogen) atoms. The highest BCUT2D eigenvalue weighted by Crippen LogP contribution is 2.36. The van der Waals surface area contributed by atoms with Crippen LogP contribution in [0.25, 0.3) is 11.0 Å². The smallest absolute Gasteiger partial charge is 0.230 e. The molecule has 0 bridgehead atoms. The first kappa shape index (κ1) is 23.1. The first-order valence-electron chi connectivity index (χ1n) is 12.1. The second-order valence-electron chi connectivity index (χ2n) is 9.98. The van der Waals surface area contributed by atoms with E-state index in [2.05, 4.69) is 55.7 Å². The number of piperidine rings is 1. The lowest BCUT2D eigenvalue weighted by molar-refractivity contribution is 0.249. The molecule has 1 atom stereocenters. The van der Waals surface area contributed by atoms with Gasteiger partial charge < -0.3 is 19.7 Å². The molecule has 1 aliphatic heterocycles. The zero-order valence-electron chi connectivity index (χ0n) is 20.4. The Morgan fingerprint density at radius 2 is 1.82 bits per heavy atom. The summed E-state index contributed by atoms with van der Waals surface area (Å²) in [6.07, 6.45) is 12.3. The van der Waals surface area contributed by atoms with Crippen molar-refractivity contribution in [1.82, 2.24) is 24.4 Å². The van der Waals surface area contributed by atoms with Gasteiger partial charge in [-0.2, -0.15) is 4.98 Å². The maximum absolute atomic E-state index is 12.9. The highest BCUT2D eigenvalue weighted by molar-refractivity contribution is 7.99. The van der Waals surface area contributed by atoms with Crippen molar-refractivity contribution in [2.24, 2.45) is 0 Å². The van der Waals surface area contributed by atoms with Crippen molar-refractivity contribution in [2.75, 3.05) is 43.7 Å². The van der Waals surface area contributed by atoms with E-state index in [-0.39, 0.29) is 0 Å². The van der Waals surface area contributed by atoms with Gasteiger partial charge in [0.1, 0.15) is 16.5 Å². The third kappa shape index (κ3) is 4.63. The van der Waals surface area contributed by atoms with Gasteiger partial charge in [-0.3, -0.25) is 4.21 Å². The Bertz CT molecular complexity index is 1250. The van der Waals surface area contributed by atoms with E-state index in [1.807, 2.05) is 18.3 Å². The molecule has 3 aromatic heterocycles. The van der Waals surface area contributed by atoms with Crippen LogP contribution < -0.4 is 10.2 Å². The van der Waals surface area contributed by atoms with Crippen LogP contribution >= 0.6 is 0 Å². The molecule has 1 aliphatic carbocycles. The fourth-order valence-electron chi connectivity index (χ4n) is 5.29. The largest absolute Gasteiger partial charge is 0.370 e. The van der Waals surface area contributed by atoms with Crippen LogP contribution in [-0.2, 0) is 9.52 Å². The zero-order valence-corrected chi connectivity index (χ0v) is 21.2. The van der Waals surface area contributed by atoms with Gasteiger partial charge in [-0.1, -0.05) is 12.8 Å². The number of rotatable bonds is 6. The van der Waals surface area contributed by atoms with Crippen LogP contribution in [-0.4, -0.2) is 74.0 Å². The van der Waals surface area contributed by atoms with Gasteiger partial charge in [0.05, 0.1) is 11.9 Å². The van der Waals surface area contributed by atoms with E-state index in [1.165, 1.54) is 25.7 Å². The quantitative estimate of drug-likeness (QED) is 0.535. The Labute approximate surface area is 202 Å². The minimum absolute atomic E-state index is 0.312. The Morgan fingerprint density at radius 1 is 1.09 bits per heavy atom. The SMILES string of the molecule is C=S(C)(=O)c1cc2cnc(Nc3ccc(N4CCC(N(C)C)CC4)cn3)nc2n1C1CCCC1. The van der Waals surface area contributed by atoms with Gasteiger partial charge in [0.15, 0.2) is 0 Å². The van der Waals surface area contributed by atoms with Crippen LogP contribution in [0.1, 0.15) is 44.6 Å². The third-order valence-corrected chi connectivity index (χ3v) is 8.42. The Balaban J connectivity index is 1.36. The standard InChI is InChI=1S/C25H35N7OS/c1-30(2)19-11-13-31(14-12-19)21-9-10-22(26-17-21)28-25-27-16-18-15-23(34(3,4)33)32(24(18)29-25)20-7-5-6-8-20/h9-10,15-17,19-20H,3,5-8,11-14H2,1-2,4H3,(H,26,27,28,29). The lowest BCUT2D eigenvalue weighted by Crippen LogP contribution is -2.42. The summed E-state index contributed by atoms with van der Waals surface area (Å²) in [6.45, 7) is 2.09. The predicted octanol–water partition coefficient (Wildman–Crippen LogP) is 3.92. The number of anilines is 3. The molecule has 0 spiro atoms. The fourth-order valence-corrected chi connectivity index (χ4v) is 6.32. The molecule has 3 aromatic rings. The van der Waals surface area contributed by atoms with Crippen LogP contribution in [0.2, 0.25) is 0 Å². The topological polar surface area (TPSA) is 79.2 Å². The van der Waals surface area contributed by atoms with Crippen molar-refractivity contribution in [2.45, 2.75) is 55.6 Å². The van der Waals surface area contributed by atoms with Crippen LogP contribution in [0.15, 0.2) is 35.6 Å². The zero-order chi connectivity index (χ0) is 23.9. The molecule has 2 fully saturated rings. The van der Waals surface area contributed by atoms with Crippen LogP contribution in [0, 0.1) is 0 Å². The first-order valence-corrected chi connectivity index (χ1v) is 14.3. The Hall–Kier alpha value is -2.65. The highest BCUT2D eigenvalue weighted by Gasteiger charge is 2.25. The van der Waals surface area contributed by atoms with E-state index in [0.717, 1.165) is 47.7 Å². The Morgan fingerprint density at radius 3 is 2.44 bits per heavy atom. The van der Waals surface area contributed by atoms with E-state index in [0.29, 0.717) is 23.8 Å². The van der Waals surface area contributed by atoms with Crippen molar-refractivity contribution >= 4 is 43.9 Å². The van der Waals surface area contributed by atoms with Gasteiger partial charge in [-0.05, 0) is 63.8 Å². The van der Waals surface area contributed by atoms with Gasteiger partial charge in [-0.25, -0.2) is 9.97 Å². The summed E-state index contributed by atoms with van der Waals surface area (Å²) in [4.78, 5) is 18.7. The van der Waals surface area contributed by atoms with Crippen molar-refractivity contribution in [3.05, 3.63) is 30.6 Å². The van der Waals surface area contributed by atoms with Crippen LogP contribution in [0.5, 0.6) is 0 Å². The van der Waals surface area contributed by atoms with Gasteiger partial charge in [0.25, 0.3) is 0 Å². The molecule has 2 aliphatic rings. The molecule has 0 aromatic carbocycles. The molecule has 182 valence electrons. The Kier molecular flexibility index (Phi) is 6.24. The van der Waals surface area contributed by atoms with E-state index in [1.54, 1.807) is 12.5 Å². The number of nitrogens with zero attached hydrogens (tertiary/aromatic N) is 6. The predicted molar refractivity (Wildman–Crippen MR) is 141 cm³/mol. The first-order chi connectivity index (χ1) is 16.3. The van der Waals surface area contributed by atoms with E-state index in [9.17, 15) is 4.21 Å². The average molecular weight is 482 g/mol. The number of nitrogens with one attached hydrogen (secondary N) is 1. The third-order valence-electron chi connectivity index (χ3n) is 7.22. The summed E-state index contributed by atoms with van der Waals surface area (Å²) in [6, 6.07) is 7.01. The number of hydrogen-bond donors (Lipinski definition) is 1. The second kappa shape index (κ2) is 9.19. The summed E-state index contributed by atoms with van der Waals surface area (Å²) in [7, 11) is 1.95. The molecule has 1 saturated carbocycles. The van der Waals surface area contributed by atoms with Crippen LogP contribution in [0.4, 0.5) is 17.5 Å². The molecule has 4 heterocycles. The molecule has 1 saturated heterocycles. The van der Waals surface area contributed by atoms with Gasteiger partial charge in [0.2, 0.25) is 5.95 Å². The van der Waals surface area contributed by atoms with Crippen molar-refractivity contribution in [1.29, 1.82) is 0 Å². The molecule has 0 radical (unpaired) electrons. The highest BCUT2D eigenvalue weighted by atomic mass is 32.2. The minimum Gasteiger partial charge on any atom is -0.370 e. The molecule has 8 nitrogen and oxygen atoms in total. The summed E-state index contributed by atoms with van der Waals surface area (Å²) in [5.41, 5.74) is 1.96. The maximum Gasteiger partial charge on any atom is 0.230 e. The molecular formula is C25H35N7OS. The molecule has 0 amide bonds. The van der Waals surface area contributed by atoms with Gasteiger partial charge in [0, 0.05) is 52.5 Å². The summed E-state index contributed by atoms with van der Waals surface area (Å²) in [5.74, 6) is 5.15.